The van der Waals surface area contributed by atoms with Gasteiger partial charge in [-0.25, -0.2) is 4.68 Å². The fourth-order valence-corrected chi connectivity index (χ4v) is 4.61. The summed E-state index contributed by atoms with van der Waals surface area (Å²) in [7, 11) is 0. The van der Waals surface area contributed by atoms with Crippen LogP contribution in [0.2, 0.25) is 0 Å². The van der Waals surface area contributed by atoms with Crippen molar-refractivity contribution in [3.63, 3.8) is 0 Å². The number of carbonyl (C=O) groups is 1. The first-order chi connectivity index (χ1) is 12.5. The number of aromatic nitrogens is 2. The smallest absolute Gasteiger partial charge is 0.257 e. The van der Waals surface area contributed by atoms with Crippen LogP contribution in [0.5, 0.6) is 0 Å². The summed E-state index contributed by atoms with van der Waals surface area (Å²) in [6.45, 7) is 7.93. The van der Waals surface area contributed by atoms with Crippen molar-refractivity contribution < 1.29 is 4.79 Å². The van der Waals surface area contributed by atoms with E-state index in [1.165, 1.54) is 5.56 Å². The van der Waals surface area contributed by atoms with Crippen LogP contribution < -0.4 is 5.73 Å². The van der Waals surface area contributed by atoms with Gasteiger partial charge in [-0.1, -0.05) is 31.5 Å². The largest absolute Gasteiger partial charge is 0.338 e. The molecule has 1 aliphatic heterocycles. The molecule has 4 rings (SSSR count). The van der Waals surface area contributed by atoms with Gasteiger partial charge in [-0.15, -0.1) is 12.4 Å². The molecule has 1 amide bonds. The average molecular weight is 389 g/mol. The summed E-state index contributed by atoms with van der Waals surface area (Å²) in [6, 6.07) is 8.51. The van der Waals surface area contributed by atoms with Crippen LogP contribution in [-0.4, -0.2) is 39.7 Å². The van der Waals surface area contributed by atoms with Crippen LogP contribution in [0.25, 0.3) is 5.69 Å². The number of likely N-dealkylation sites (tertiary alicyclic amines) is 1. The molecule has 0 spiro atoms. The predicted octanol–water partition coefficient (Wildman–Crippen LogP) is 3.54. The normalized spacial score (nSPS) is 24.2. The highest BCUT2D eigenvalue weighted by atomic mass is 35.5. The Kier molecular flexibility index (Phi) is 5.63. The van der Waals surface area contributed by atoms with E-state index in [1.807, 2.05) is 9.58 Å². The van der Waals surface area contributed by atoms with Crippen LogP contribution in [0.1, 0.15) is 54.2 Å². The van der Waals surface area contributed by atoms with Crippen molar-refractivity contribution in [1.82, 2.24) is 14.7 Å². The van der Waals surface area contributed by atoms with E-state index in [0.29, 0.717) is 11.8 Å². The topological polar surface area (TPSA) is 64.2 Å². The van der Waals surface area contributed by atoms with Gasteiger partial charge in [0.2, 0.25) is 0 Å². The molecule has 2 heterocycles. The first kappa shape index (κ1) is 19.9. The van der Waals surface area contributed by atoms with Gasteiger partial charge in [0.05, 0.1) is 23.1 Å². The Morgan fingerprint density at radius 2 is 1.89 bits per heavy atom. The first-order valence-electron chi connectivity index (χ1n) is 9.65. The summed E-state index contributed by atoms with van der Waals surface area (Å²) in [5, 5.41) is 4.56. The number of hydrogen-bond acceptors (Lipinski definition) is 3. The van der Waals surface area contributed by atoms with E-state index in [2.05, 4.69) is 50.1 Å². The molecule has 1 aliphatic carbocycles. The van der Waals surface area contributed by atoms with Crippen molar-refractivity contribution >= 4 is 18.3 Å². The summed E-state index contributed by atoms with van der Waals surface area (Å²) in [5.74, 6) is 1.35. The molecule has 2 N–H and O–H groups in total. The summed E-state index contributed by atoms with van der Waals surface area (Å²) < 4.78 is 1.92. The first-order valence-corrected chi connectivity index (χ1v) is 9.65. The lowest BCUT2D eigenvalue weighted by atomic mass is 9.98. The van der Waals surface area contributed by atoms with Crippen molar-refractivity contribution in [2.24, 2.45) is 17.6 Å². The summed E-state index contributed by atoms with van der Waals surface area (Å²) in [4.78, 5) is 15.2. The van der Waals surface area contributed by atoms with Gasteiger partial charge in [0.25, 0.3) is 5.91 Å². The van der Waals surface area contributed by atoms with E-state index in [9.17, 15) is 4.79 Å². The number of aryl methyl sites for hydroxylation is 1. The molecule has 3 unspecified atom stereocenters. The summed E-state index contributed by atoms with van der Waals surface area (Å²) >= 11 is 0. The number of nitrogens with two attached hydrogens (primary N) is 1. The van der Waals surface area contributed by atoms with Gasteiger partial charge >= 0.3 is 0 Å². The van der Waals surface area contributed by atoms with E-state index < -0.39 is 0 Å². The van der Waals surface area contributed by atoms with Crippen molar-refractivity contribution in [2.75, 3.05) is 13.1 Å². The Balaban J connectivity index is 0.00000210. The van der Waals surface area contributed by atoms with Crippen molar-refractivity contribution in [2.45, 2.75) is 45.6 Å². The van der Waals surface area contributed by atoms with Gasteiger partial charge in [0.1, 0.15) is 0 Å². The number of amides is 1. The molecular weight excluding hydrogens is 360 g/mol. The molecule has 1 aromatic carbocycles. The molecule has 1 saturated carbocycles. The third-order valence-corrected chi connectivity index (χ3v) is 6.06. The highest BCUT2D eigenvalue weighted by molar-refractivity contribution is 5.95. The number of halogens is 1. The van der Waals surface area contributed by atoms with E-state index in [4.69, 9.17) is 5.73 Å². The van der Waals surface area contributed by atoms with E-state index in [0.717, 1.165) is 42.9 Å². The van der Waals surface area contributed by atoms with E-state index in [1.54, 1.807) is 6.20 Å². The predicted molar refractivity (Wildman–Crippen MR) is 110 cm³/mol. The molecule has 6 heteroatoms. The molecule has 3 atom stereocenters. The third-order valence-electron chi connectivity index (χ3n) is 6.06. The number of carbonyl (C=O) groups excluding carboxylic acids is 1. The Morgan fingerprint density at radius 3 is 2.52 bits per heavy atom. The molecule has 0 radical (unpaired) electrons. The van der Waals surface area contributed by atoms with Crippen molar-refractivity contribution in [1.29, 1.82) is 0 Å². The second-order valence-corrected chi connectivity index (χ2v) is 8.22. The van der Waals surface area contributed by atoms with Crippen LogP contribution in [0.4, 0.5) is 0 Å². The number of fused-ring (bicyclic) bond motifs is 1. The molecular formula is C21H29ClN4O. The number of nitrogens with zero attached hydrogens (tertiary/aromatic N) is 3. The standard InChI is InChI=1S/C21H28N4O.ClH/c1-13(2)20-17(10-23-25(20)16-7-4-14(3)5-8-16)21(26)24-11-15-6-9-19(22)18(15)12-24;/h4-5,7-8,10,13,15,18-19H,6,9,11-12,22H2,1-3H3;1H. The van der Waals surface area contributed by atoms with Crippen LogP contribution in [0.3, 0.4) is 0 Å². The van der Waals surface area contributed by atoms with Gasteiger partial charge in [-0.2, -0.15) is 5.10 Å². The molecule has 0 bridgehead atoms. The summed E-state index contributed by atoms with van der Waals surface area (Å²) in [6.07, 6.45) is 3.99. The monoisotopic (exact) mass is 388 g/mol. The van der Waals surface area contributed by atoms with Gasteiger partial charge in [-0.3, -0.25) is 4.79 Å². The fraction of sp³-hybridized carbons (Fsp3) is 0.524. The molecule has 2 aliphatic rings. The lowest BCUT2D eigenvalue weighted by Gasteiger charge is -2.20. The summed E-state index contributed by atoms with van der Waals surface area (Å²) in [5.41, 5.74) is 10.2. The maximum Gasteiger partial charge on any atom is 0.257 e. The maximum atomic E-state index is 13.2. The minimum Gasteiger partial charge on any atom is -0.338 e. The highest BCUT2D eigenvalue weighted by Crippen LogP contribution is 2.38. The van der Waals surface area contributed by atoms with E-state index in [-0.39, 0.29) is 30.3 Å². The van der Waals surface area contributed by atoms with Crippen molar-refractivity contribution in [3.8, 4) is 5.69 Å². The Hall–Kier alpha value is -1.85. The van der Waals surface area contributed by atoms with E-state index >= 15 is 0 Å². The Bertz CT molecular complexity index is 814. The Morgan fingerprint density at radius 1 is 1.19 bits per heavy atom. The van der Waals surface area contributed by atoms with Gasteiger partial charge in [0.15, 0.2) is 0 Å². The quantitative estimate of drug-likeness (QED) is 0.874. The number of benzene rings is 1. The number of hydrogen-bond donors (Lipinski definition) is 1. The van der Waals surface area contributed by atoms with Gasteiger partial charge in [-0.05, 0) is 49.7 Å². The minimum atomic E-state index is 0. The molecule has 5 nitrogen and oxygen atoms in total. The molecule has 1 aromatic heterocycles. The van der Waals surface area contributed by atoms with Crippen LogP contribution >= 0.6 is 12.4 Å². The van der Waals surface area contributed by atoms with Crippen LogP contribution in [0, 0.1) is 18.8 Å². The molecule has 2 fully saturated rings. The zero-order chi connectivity index (χ0) is 18.4. The molecule has 27 heavy (non-hydrogen) atoms. The van der Waals surface area contributed by atoms with Crippen LogP contribution in [-0.2, 0) is 0 Å². The maximum absolute atomic E-state index is 13.2. The lowest BCUT2D eigenvalue weighted by Crippen LogP contribution is -2.33. The van der Waals surface area contributed by atoms with Gasteiger partial charge < -0.3 is 10.6 Å². The zero-order valence-corrected chi connectivity index (χ0v) is 17.1. The molecule has 146 valence electrons. The van der Waals surface area contributed by atoms with Gasteiger partial charge in [0, 0.05) is 19.1 Å². The second-order valence-electron chi connectivity index (χ2n) is 8.22. The van der Waals surface area contributed by atoms with Crippen molar-refractivity contribution in [3.05, 3.63) is 47.3 Å². The SMILES string of the molecule is Cc1ccc(-n2ncc(C(=O)N3CC4CCC(N)C4C3)c2C(C)C)cc1.Cl. The number of rotatable bonds is 3. The Labute approximate surface area is 167 Å². The fourth-order valence-electron chi connectivity index (χ4n) is 4.61. The van der Waals surface area contributed by atoms with Crippen LogP contribution in [0.15, 0.2) is 30.5 Å². The average Bonchev–Trinajstić information content (AvgIpc) is 3.31. The highest BCUT2D eigenvalue weighted by Gasteiger charge is 2.43. The lowest BCUT2D eigenvalue weighted by molar-refractivity contribution is 0.0778. The third kappa shape index (κ3) is 3.50. The molecule has 2 aromatic rings. The molecule has 1 saturated heterocycles. The minimum absolute atomic E-state index is 0. The zero-order valence-electron chi connectivity index (χ0n) is 16.3. The second kappa shape index (κ2) is 7.64.